The van der Waals surface area contributed by atoms with E-state index in [2.05, 4.69) is 15.3 Å². The number of aryl methyl sites for hydroxylation is 1. The van der Waals surface area contributed by atoms with Gasteiger partial charge in [0.15, 0.2) is 0 Å². The average molecular weight is 271 g/mol. The first-order chi connectivity index (χ1) is 9.56. The van der Waals surface area contributed by atoms with Gasteiger partial charge in [-0.05, 0) is 45.0 Å². The van der Waals surface area contributed by atoms with E-state index < -0.39 is 0 Å². The van der Waals surface area contributed by atoms with Crippen LogP contribution in [0.15, 0.2) is 36.8 Å². The van der Waals surface area contributed by atoms with E-state index in [1.54, 1.807) is 19.1 Å². The van der Waals surface area contributed by atoms with Crippen molar-refractivity contribution in [3.63, 3.8) is 0 Å². The van der Waals surface area contributed by atoms with E-state index in [-0.39, 0.29) is 12.0 Å². The smallest absolute Gasteiger partial charge is 0.259 e. The summed E-state index contributed by atoms with van der Waals surface area (Å²) in [6, 6.07) is 7.25. The molecule has 0 atom stereocenters. The lowest BCUT2D eigenvalue weighted by atomic mass is 10.2. The quantitative estimate of drug-likeness (QED) is 0.928. The van der Waals surface area contributed by atoms with E-state index in [9.17, 15) is 4.79 Å². The highest BCUT2D eigenvalue weighted by Crippen LogP contribution is 2.17. The van der Waals surface area contributed by atoms with Crippen LogP contribution in [0.25, 0.3) is 0 Å². The molecule has 0 unspecified atom stereocenters. The Morgan fingerprint density at radius 1 is 1.25 bits per heavy atom. The predicted molar refractivity (Wildman–Crippen MR) is 76.9 cm³/mol. The third-order valence-corrected chi connectivity index (χ3v) is 2.64. The lowest BCUT2D eigenvalue weighted by Gasteiger charge is -2.11. The van der Waals surface area contributed by atoms with Crippen molar-refractivity contribution in [2.75, 3.05) is 5.32 Å². The van der Waals surface area contributed by atoms with Gasteiger partial charge in [-0.2, -0.15) is 0 Å². The maximum Gasteiger partial charge on any atom is 0.259 e. The molecule has 20 heavy (non-hydrogen) atoms. The summed E-state index contributed by atoms with van der Waals surface area (Å²) in [6.07, 6.45) is 3.05. The van der Waals surface area contributed by atoms with Gasteiger partial charge in [-0.15, -0.1) is 0 Å². The van der Waals surface area contributed by atoms with Gasteiger partial charge < -0.3 is 10.1 Å². The highest BCUT2D eigenvalue weighted by Gasteiger charge is 2.10. The number of rotatable bonds is 4. The van der Waals surface area contributed by atoms with Gasteiger partial charge in [-0.25, -0.2) is 9.97 Å². The van der Waals surface area contributed by atoms with Crippen molar-refractivity contribution in [1.29, 1.82) is 0 Å². The molecule has 0 saturated heterocycles. The molecule has 1 heterocycles. The summed E-state index contributed by atoms with van der Waals surface area (Å²) in [5.74, 6) is 0.554. The number of nitrogens with one attached hydrogen (secondary N) is 1. The van der Waals surface area contributed by atoms with Crippen LogP contribution in [0.5, 0.6) is 5.75 Å². The molecular weight excluding hydrogens is 254 g/mol. The van der Waals surface area contributed by atoms with Crippen molar-refractivity contribution in [2.24, 2.45) is 0 Å². The number of hydrogen-bond donors (Lipinski definition) is 1. The number of carbonyl (C=O) groups is 1. The third-order valence-electron chi connectivity index (χ3n) is 2.64. The van der Waals surface area contributed by atoms with Crippen LogP contribution in [0.1, 0.15) is 29.9 Å². The molecule has 0 aliphatic carbocycles. The Morgan fingerprint density at radius 3 is 2.55 bits per heavy atom. The van der Waals surface area contributed by atoms with E-state index in [0.717, 1.165) is 5.75 Å². The molecule has 0 saturated carbocycles. The Hall–Kier alpha value is -2.43. The summed E-state index contributed by atoms with van der Waals surface area (Å²) in [7, 11) is 0. The van der Waals surface area contributed by atoms with E-state index in [1.165, 1.54) is 12.5 Å². The minimum Gasteiger partial charge on any atom is -0.491 e. The zero-order chi connectivity index (χ0) is 14.5. The fourth-order valence-electron chi connectivity index (χ4n) is 1.70. The van der Waals surface area contributed by atoms with Crippen LogP contribution in [0.3, 0.4) is 0 Å². The molecule has 0 fully saturated rings. The summed E-state index contributed by atoms with van der Waals surface area (Å²) in [5.41, 5.74) is 1.82. The summed E-state index contributed by atoms with van der Waals surface area (Å²) < 4.78 is 5.55. The van der Waals surface area contributed by atoms with Gasteiger partial charge in [-0.1, -0.05) is 0 Å². The van der Waals surface area contributed by atoms with Gasteiger partial charge >= 0.3 is 0 Å². The maximum absolute atomic E-state index is 12.1. The first kappa shape index (κ1) is 14.0. The second-order valence-corrected chi connectivity index (χ2v) is 4.67. The van der Waals surface area contributed by atoms with Crippen molar-refractivity contribution in [1.82, 2.24) is 9.97 Å². The molecule has 2 rings (SSSR count). The van der Waals surface area contributed by atoms with E-state index in [1.807, 2.05) is 26.0 Å². The second-order valence-electron chi connectivity index (χ2n) is 4.67. The Balaban J connectivity index is 2.07. The molecule has 5 nitrogen and oxygen atoms in total. The van der Waals surface area contributed by atoms with Gasteiger partial charge in [0, 0.05) is 11.9 Å². The molecule has 1 N–H and O–H groups in total. The maximum atomic E-state index is 12.1. The summed E-state index contributed by atoms with van der Waals surface area (Å²) in [4.78, 5) is 19.9. The van der Waals surface area contributed by atoms with Crippen molar-refractivity contribution in [2.45, 2.75) is 26.9 Å². The first-order valence-corrected chi connectivity index (χ1v) is 6.41. The predicted octanol–water partition coefficient (Wildman–Crippen LogP) is 2.82. The van der Waals surface area contributed by atoms with Crippen molar-refractivity contribution in [3.05, 3.63) is 48.0 Å². The molecule has 0 spiro atoms. The second kappa shape index (κ2) is 6.14. The zero-order valence-electron chi connectivity index (χ0n) is 11.8. The Morgan fingerprint density at radius 2 is 1.95 bits per heavy atom. The van der Waals surface area contributed by atoms with Crippen LogP contribution in [-0.2, 0) is 0 Å². The van der Waals surface area contributed by atoms with E-state index in [0.29, 0.717) is 16.9 Å². The zero-order valence-corrected chi connectivity index (χ0v) is 11.8. The third kappa shape index (κ3) is 3.54. The van der Waals surface area contributed by atoms with Crippen LogP contribution in [0.4, 0.5) is 5.69 Å². The van der Waals surface area contributed by atoms with Gasteiger partial charge in [0.2, 0.25) is 0 Å². The van der Waals surface area contributed by atoms with Crippen molar-refractivity contribution in [3.8, 4) is 5.75 Å². The molecule has 1 aromatic heterocycles. The number of carbonyl (C=O) groups excluding carboxylic acids is 1. The van der Waals surface area contributed by atoms with Gasteiger partial charge in [0.25, 0.3) is 5.91 Å². The number of amides is 1. The standard InChI is InChI=1S/C15H17N3O2/c1-10(2)20-13-6-4-12(5-7-13)18-15(19)14-8-16-9-17-11(14)3/h4-10H,1-3H3,(H,18,19). The minimum atomic E-state index is -0.222. The highest BCUT2D eigenvalue weighted by molar-refractivity contribution is 6.04. The SMILES string of the molecule is Cc1ncncc1C(=O)Nc1ccc(OC(C)C)cc1. The molecule has 1 amide bonds. The monoisotopic (exact) mass is 271 g/mol. The molecule has 104 valence electrons. The number of benzene rings is 1. The van der Waals surface area contributed by atoms with Crippen LogP contribution >= 0.6 is 0 Å². The fourth-order valence-corrected chi connectivity index (χ4v) is 1.70. The van der Waals surface area contributed by atoms with E-state index in [4.69, 9.17) is 4.74 Å². The molecule has 0 radical (unpaired) electrons. The van der Waals surface area contributed by atoms with E-state index >= 15 is 0 Å². The molecule has 2 aromatic rings. The van der Waals surface area contributed by atoms with Gasteiger partial charge in [0.1, 0.15) is 12.1 Å². The highest BCUT2D eigenvalue weighted by atomic mass is 16.5. The number of nitrogens with zero attached hydrogens (tertiary/aromatic N) is 2. The molecular formula is C15H17N3O2. The lowest BCUT2D eigenvalue weighted by molar-refractivity contribution is 0.102. The van der Waals surface area contributed by atoms with Crippen molar-refractivity contribution < 1.29 is 9.53 Å². The first-order valence-electron chi connectivity index (χ1n) is 6.41. The number of ether oxygens (including phenoxy) is 1. The minimum absolute atomic E-state index is 0.125. The normalized spacial score (nSPS) is 10.4. The Bertz CT molecular complexity index is 594. The molecule has 1 aromatic carbocycles. The van der Waals surface area contributed by atoms with Crippen LogP contribution in [-0.4, -0.2) is 22.0 Å². The molecule has 0 aliphatic rings. The number of aromatic nitrogens is 2. The van der Waals surface area contributed by atoms with Crippen LogP contribution in [0.2, 0.25) is 0 Å². The summed E-state index contributed by atoms with van der Waals surface area (Å²) >= 11 is 0. The Kier molecular flexibility index (Phi) is 4.30. The van der Waals surface area contributed by atoms with Gasteiger partial charge in [0.05, 0.1) is 17.4 Å². The molecule has 0 aliphatic heterocycles. The fraction of sp³-hybridized carbons (Fsp3) is 0.267. The number of hydrogen-bond acceptors (Lipinski definition) is 4. The molecule has 0 bridgehead atoms. The summed E-state index contributed by atoms with van der Waals surface area (Å²) in [5, 5.41) is 2.81. The largest absolute Gasteiger partial charge is 0.491 e. The summed E-state index contributed by atoms with van der Waals surface area (Å²) in [6.45, 7) is 5.71. The number of anilines is 1. The average Bonchev–Trinajstić information content (AvgIpc) is 2.41. The van der Waals surface area contributed by atoms with Crippen LogP contribution in [0, 0.1) is 6.92 Å². The molecule has 5 heteroatoms. The van der Waals surface area contributed by atoms with Crippen LogP contribution < -0.4 is 10.1 Å². The Labute approximate surface area is 118 Å². The van der Waals surface area contributed by atoms with Crippen molar-refractivity contribution >= 4 is 11.6 Å². The lowest BCUT2D eigenvalue weighted by Crippen LogP contribution is -2.14. The van der Waals surface area contributed by atoms with Gasteiger partial charge in [-0.3, -0.25) is 4.79 Å². The topological polar surface area (TPSA) is 64.1 Å².